The van der Waals surface area contributed by atoms with Gasteiger partial charge in [-0.05, 0) is 30.5 Å². The van der Waals surface area contributed by atoms with Crippen LogP contribution in [0.4, 0.5) is 4.39 Å². The first-order chi connectivity index (χ1) is 8.24. The van der Waals surface area contributed by atoms with Crippen LogP contribution < -0.4 is 4.74 Å². The highest BCUT2D eigenvalue weighted by Crippen LogP contribution is 2.34. The number of rotatable bonds is 3. The topological polar surface area (TPSA) is 38.7 Å². The lowest BCUT2D eigenvalue weighted by atomic mass is 9.97. The predicted molar refractivity (Wildman–Crippen MR) is 61.2 cm³/mol. The van der Waals surface area contributed by atoms with E-state index in [1.54, 1.807) is 12.1 Å². The third-order valence-electron chi connectivity index (χ3n) is 2.82. The quantitative estimate of drug-likeness (QED) is 0.879. The molecule has 1 N–H and O–H groups in total. The van der Waals surface area contributed by atoms with Crippen LogP contribution in [0.25, 0.3) is 0 Å². The molecule has 0 aromatic heterocycles. The maximum absolute atomic E-state index is 13.7. The molecule has 1 aromatic rings. The second kappa shape index (κ2) is 5.19. The van der Waals surface area contributed by atoms with Gasteiger partial charge in [0.05, 0.1) is 25.5 Å². The molecule has 1 aromatic carbocycles. The van der Waals surface area contributed by atoms with Gasteiger partial charge in [0.25, 0.3) is 0 Å². The van der Waals surface area contributed by atoms with Crippen LogP contribution in [0.15, 0.2) is 30.0 Å². The van der Waals surface area contributed by atoms with Gasteiger partial charge < -0.3 is 14.6 Å². The summed E-state index contributed by atoms with van der Waals surface area (Å²) in [5.41, 5.74) is 0.853. The number of aliphatic hydroxyl groups excluding tert-OH is 1. The van der Waals surface area contributed by atoms with Crippen molar-refractivity contribution >= 4 is 0 Å². The van der Waals surface area contributed by atoms with Gasteiger partial charge in [0.1, 0.15) is 17.7 Å². The average Bonchev–Trinajstić information content (AvgIpc) is 2.38. The van der Waals surface area contributed by atoms with E-state index in [2.05, 4.69) is 0 Å². The van der Waals surface area contributed by atoms with Crippen molar-refractivity contribution in [3.05, 3.63) is 41.4 Å². The maximum Gasteiger partial charge on any atom is 0.133 e. The number of aliphatic hydroxyl groups is 1. The molecule has 1 aliphatic heterocycles. The Morgan fingerprint density at radius 3 is 2.94 bits per heavy atom. The van der Waals surface area contributed by atoms with Gasteiger partial charge in [-0.1, -0.05) is 6.07 Å². The van der Waals surface area contributed by atoms with Gasteiger partial charge in [-0.25, -0.2) is 4.39 Å². The molecule has 1 heterocycles. The van der Waals surface area contributed by atoms with Gasteiger partial charge in [-0.2, -0.15) is 0 Å². The van der Waals surface area contributed by atoms with Crippen molar-refractivity contribution in [2.24, 2.45) is 0 Å². The Hall–Kier alpha value is -1.55. The summed E-state index contributed by atoms with van der Waals surface area (Å²) in [4.78, 5) is 0. The Balaban J connectivity index is 2.35. The third-order valence-corrected chi connectivity index (χ3v) is 2.82. The average molecular weight is 238 g/mol. The summed E-state index contributed by atoms with van der Waals surface area (Å²) in [6.07, 6.45) is 2.05. The van der Waals surface area contributed by atoms with Gasteiger partial charge in [-0.3, -0.25) is 0 Å². The summed E-state index contributed by atoms with van der Waals surface area (Å²) >= 11 is 0. The van der Waals surface area contributed by atoms with Crippen LogP contribution in [-0.4, -0.2) is 18.8 Å². The summed E-state index contributed by atoms with van der Waals surface area (Å²) in [5, 5.41) is 10.2. The Kier molecular flexibility index (Phi) is 3.64. The molecule has 2 rings (SSSR count). The van der Waals surface area contributed by atoms with Crippen LogP contribution in [0.5, 0.6) is 5.75 Å². The molecule has 0 saturated heterocycles. The lowest BCUT2D eigenvalue weighted by Crippen LogP contribution is -2.10. The standard InChI is InChI=1S/C13H15FO3/c1-16-11-6-2-5-10(14)12(11)13(15)9-4-3-7-17-8-9/h2,5-6,8,13,15H,3-4,7H2,1H3. The molecular formula is C13H15FO3. The van der Waals surface area contributed by atoms with E-state index in [0.29, 0.717) is 24.4 Å². The van der Waals surface area contributed by atoms with Crippen molar-refractivity contribution in [2.75, 3.05) is 13.7 Å². The number of hydrogen-bond acceptors (Lipinski definition) is 3. The second-order valence-electron chi connectivity index (χ2n) is 3.93. The van der Waals surface area contributed by atoms with Gasteiger partial charge >= 0.3 is 0 Å². The first-order valence-corrected chi connectivity index (χ1v) is 5.55. The van der Waals surface area contributed by atoms with E-state index in [4.69, 9.17) is 9.47 Å². The molecule has 0 spiro atoms. The lowest BCUT2D eigenvalue weighted by molar-refractivity contribution is 0.165. The van der Waals surface area contributed by atoms with Crippen LogP contribution in [0.1, 0.15) is 24.5 Å². The molecule has 17 heavy (non-hydrogen) atoms. The Morgan fingerprint density at radius 1 is 1.47 bits per heavy atom. The van der Waals surface area contributed by atoms with Crippen molar-refractivity contribution < 1.29 is 19.0 Å². The minimum absolute atomic E-state index is 0.173. The van der Waals surface area contributed by atoms with E-state index in [1.165, 1.54) is 19.4 Å². The molecule has 1 atom stereocenters. The minimum atomic E-state index is -1.01. The lowest BCUT2D eigenvalue weighted by Gasteiger charge is -2.21. The normalized spacial score (nSPS) is 17.0. The van der Waals surface area contributed by atoms with Crippen molar-refractivity contribution in [3.8, 4) is 5.75 Å². The number of hydrogen-bond donors (Lipinski definition) is 1. The number of benzene rings is 1. The molecule has 0 amide bonds. The largest absolute Gasteiger partial charge is 0.501 e. The first kappa shape index (κ1) is 11.9. The van der Waals surface area contributed by atoms with E-state index in [0.717, 1.165) is 6.42 Å². The molecule has 1 aliphatic rings. The van der Waals surface area contributed by atoms with Gasteiger partial charge in [0.15, 0.2) is 0 Å². The zero-order valence-corrected chi connectivity index (χ0v) is 9.65. The summed E-state index contributed by atoms with van der Waals surface area (Å²) < 4.78 is 24.0. The van der Waals surface area contributed by atoms with E-state index < -0.39 is 11.9 Å². The van der Waals surface area contributed by atoms with Crippen LogP contribution >= 0.6 is 0 Å². The van der Waals surface area contributed by atoms with E-state index in [-0.39, 0.29) is 5.56 Å². The van der Waals surface area contributed by atoms with Crippen molar-refractivity contribution in [2.45, 2.75) is 18.9 Å². The van der Waals surface area contributed by atoms with Crippen molar-refractivity contribution in [1.82, 2.24) is 0 Å². The summed E-state index contributed by atoms with van der Waals surface area (Å²) in [7, 11) is 1.46. The maximum atomic E-state index is 13.7. The Labute approximate surface area is 99.5 Å². The first-order valence-electron chi connectivity index (χ1n) is 5.55. The van der Waals surface area contributed by atoms with Crippen molar-refractivity contribution in [1.29, 1.82) is 0 Å². The monoisotopic (exact) mass is 238 g/mol. The van der Waals surface area contributed by atoms with E-state index in [9.17, 15) is 9.50 Å². The fourth-order valence-corrected chi connectivity index (χ4v) is 1.93. The SMILES string of the molecule is COc1cccc(F)c1C(O)C1=COCCC1. The molecular weight excluding hydrogens is 223 g/mol. The second-order valence-corrected chi connectivity index (χ2v) is 3.93. The van der Waals surface area contributed by atoms with Crippen LogP contribution in [-0.2, 0) is 4.74 Å². The minimum Gasteiger partial charge on any atom is -0.501 e. The van der Waals surface area contributed by atoms with Crippen LogP contribution in [0.2, 0.25) is 0 Å². The zero-order valence-electron chi connectivity index (χ0n) is 9.65. The fourth-order valence-electron chi connectivity index (χ4n) is 1.93. The van der Waals surface area contributed by atoms with E-state index >= 15 is 0 Å². The molecule has 4 heteroatoms. The highest BCUT2D eigenvalue weighted by Gasteiger charge is 2.23. The summed E-state index contributed by atoms with van der Waals surface area (Å²) in [6, 6.07) is 4.49. The van der Waals surface area contributed by atoms with Gasteiger partial charge in [0, 0.05) is 0 Å². The molecule has 1 unspecified atom stereocenters. The Morgan fingerprint density at radius 2 is 2.29 bits per heavy atom. The van der Waals surface area contributed by atoms with Gasteiger partial charge in [0.2, 0.25) is 0 Å². The highest BCUT2D eigenvalue weighted by atomic mass is 19.1. The molecule has 3 nitrogen and oxygen atoms in total. The van der Waals surface area contributed by atoms with Crippen molar-refractivity contribution in [3.63, 3.8) is 0 Å². The van der Waals surface area contributed by atoms with Gasteiger partial charge in [-0.15, -0.1) is 0 Å². The van der Waals surface area contributed by atoms with E-state index in [1.807, 2.05) is 0 Å². The molecule has 0 saturated carbocycles. The Bertz CT molecular complexity index is 429. The number of halogens is 1. The predicted octanol–water partition coefficient (Wildman–Crippen LogP) is 2.56. The molecule has 0 aliphatic carbocycles. The highest BCUT2D eigenvalue weighted by molar-refractivity contribution is 5.40. The van der Waals surface area contributed by atoms with Crippen LogP contribution in [0, 0.1) is 5.82 Å². The summed E-state index contributed by atoms with van der Waals surface area (Å²) in [5.74, 6) is -0.118. The fraction of sp³-hybridized carbons (Fsp3) is 0.385. The third kappa shape index (κ3) is 2.42. The number of ether oxygens (including phenoxy) is 2. The molecule has 0 radical (unpaired) electrons. The number of methoxy groups -OCH3 is 1. The molecule has 92 valence electrons. The molecule has 0 bridgehead atoms. The smallest absolute Gasteiger partial charge is 0.133 e. The summed E-state index contributed by atoms with van der Waals surface area (Å²) in [6.45, 7) is 0.643. The zero-order chi connectivity index (χ0) is 12.3. The van der Waals surface area contributed by atoms with Crippen LogP contribution in [0.3, 0.4) is 0 Å². The molecule has 0 fully saturated rings.